The number of rotatable bonds is 5. The lowest BCUT2D eigenvalue weighted by atomic mass is 9.95. The number of aromatic nitrogens is 3. The summed E-state index contributed by atoms with van der Waals surface area (Å²) in [5.74, 6) is 0.389. The Hall–Kier alpha value is -4.29. The van der Waals surface area contributed by atoms with Crippen LogP contribution in [0.2, 0.25) is 0 Å². The molecule has 0 aliphatic heterocycles. The van der Waals surface area contributed by atoms with Gasteiger partial charge in [0.25, 0.3) is 0 Å². The number of nitrogens with zero attached hydrogens (tertiary/aromatic N) is 3. The molecule has 0 saturated heterocycles. The maximum Gasteiger partial charge on any atom is 0.221 e. The van der Waals surface area contributed by atoms with Crippen LogP contribution in [0.3, 0.4) is 0 Å². The lowest BCUT2D eigenvalue weighted by molar-refractivity contribution is 0.399. The molecular formula is C27H22N4O2. The fourth-order valence-electron chi connectivity index (χ4n) is 3.96. The summed E-state index contributed by atoms with van der Waals surface area (Å²) < 4.78 is 5.47. The number of pyridine rings is 3. The van der Waals surface area contributed by atoms with Gasteiger partial charge in [-0.3, -0.25) is 0 Å². The number of hydrogen-bond acceptors (Lipinski definition) is 6. The highest BCUT2D eigenvalue weighted by atomic mass is 16.5. The molecule has 0 spiro atoms. The first kappa shape index (κ1) is 20.6. The Bertz CT molecular complexity index is 1430. The van der Waals surface area contributed by atoms with Crippen molar-refractivity contribution in [1.82, 2.24) is 15.0 Å². The van der Waals surface area contributed by atoms with Gasteiger partial charge in [0.15, 0.2) is 0 Å². The monoisotopic (exact) mass is 434 g/mol. The minimum Gasteiger partial charge on any atom is -0.493 e. The van der Waals surface area contributed by atoms with E-state index in [9.17, 15) is 5.11 Å². The molecule has 0 fully saturated rings. The molecule has 3 aromatic heterocycles. The van der Waals surface area contributed by atoms with Crippen LogP contribution in [0.5, 0.6) is 11.8 Å². The Labute approximate surface area is 191 Å². The summed E-state index contributed by atoms with van der Waals surface area (Å²) in [5.41, 5.74) is 12.6. The molecule has 162 valence electrons. The first-order valence-electron chi connectivity index (χ1n) is 10.6. The minimum atomic E-state index is -0.0775. The quantitative estimate of drug-likeness (QED) is 0.395. The molecular weight excluding hydrogens is 412 g/mol. The average Bonchev–Trinajstić information content (AvgIpc) is 2.89. The van der Waals surface area contributed by atoms with E-state index in [1.165, 1.54) is 0 Å². The van der Waals surface area contributed by atoms with E-state index < -0.39 is 0 Å². The normalized spacial score (nSPS) is 11.0. The van der Waals surface area contributed by atoms with E-state index in [1.807, 2.05) is 72.8 Å². The Morgan fingerprint density at radius 2 is 1.64 bits per heavy atom. The van der Waals surface area contributed by atoms with Crippen LogP contribution < -0.4 is 10.5 Å². The Morgan fingerprint density at radius 1 is 0.848 bits per heavy atom. The zero-order chi connectivity index (χ0) is 22.8. The highest BCUT2D eigenvalue weighted by Crippen LogP contribution is 2.40. The van der Waals surface area contributed by atoms with Gasteiger partial charge in [-0.25, -0.2) is 15.0 Å². The van der Waals surface area contributed by atoms with Gasteiger partial charge in [-0.1, -0.05) is 54.6 Å². The van der Waals surface area contributed by atoms with Crippen molar-refractivity contribution in [2.45, 2.75) is 6.54 Å². The van der Waals surface area contributed by atoms with Gasteiger partial charge in [-0.05, 0) is 29.3 Å². The second-order valence-electron chi connectivity index (χ2n) is 7.60. The molecule has 0 atom stereocenters. The van der Waals surface area contributed by atoms with Crippen LogP contribution in [0.1, 0.15) is 5.56 Å². The maximum atomic E-state index is 10.7. The standard InChI is InChI=1S/C27H22N4O2/c1-33-27-20(8-5-13-29-27)23-16-30-26(32)22-14-21(18-6-3-2-4-7-18)24(31-25(22)23)19-11-9-17(15-28)10-12-19/h2-14,16H,15,28H2,1H3,(H,30,32). The number of methoxy groups -OCH3 is 1. The summed E-state index contributed by atoms with van der Waals surface area (Å²) >= 11 is 0. The number of nitrogens with two attached hydrogens (primary N) is 1. The molecule has 0 unspecified atom stereocenters. The van der Waals surface area contributed by atoms with Crippen LogP contribution in [0.15, 0.2) is 85.2 Å². The first-order chi connectivity index (χ1) is 16.2. The second kappa shape index (κ2) is 8.68. The second-order valence-corrected chi connectivity index (χ2v) is 7.60. The number of benzene rings is 2. The molecule has 0 aliphatic carbocycles. The van der Waals surface area contributed by atoms with Crippen molar-refractivity contribution in [3.8, 4) is 45.3 Å². The maximum absolute atomic E-state index is 10.7. The summed E-state index contributed by atoms with van der Waals surface area (Å²) in [6.07, 6.45) is 3.28. The van der Waals surface area contributed by atoms with Gasteiger partial charge in [0.1, 0.15) is 0 Å². The summed E-state index contributed by atoms with van der Waals surface area (Å²) in [6, 6.07) is 23.7. The van der Waals surface area contributed by atoms with Crippen molar-refractivity contribution in [2.75, 3.05) is 7.11 Å². The summed E-state index contributed by atoms with van der Waals surface area (Å²) in [6.45, 7) is 0.474. The highest BCUT2D eigenvalue weighted by Gasteiger charge is 2.19. The van der Waals surface area contributed by atoms with Crippen molar-refractivity contribution in [3.05, 3.63) is 90.8 Å². The number of aromatic hydroxyl groups is 1. The molecule has 5 rings (SSSR count). The van der Waals surface area contributed by atoms with E-state index in [0.29, 0.717) is 23.3 Å². The zero-order valence-corrected chi connectivity index (χ0v) is 18.1. The Balaban J connectivity index is 1.84. The third-order valence-corrected chi connectivity index (χ3v) is 5.64. The molecule has 0 bridgehead atoms. The van der Waals surface area contributed by atoms with Crippen molar-refractivity contribution >= 4 is 10.9 Å². The van der Waals surface area contributed by atoms with Crippen molar-refractivity contribution in [1.29, 1.82) is 0 Å². The number of ether oxygens (including phenoxy) is 1. The molecule has 0 saturated carbocycles. The van der Waals surface area contributed by atoms with E-state index in [2.05, 4.69) is 9.97 Å². The van der Waals surface area contributed by atoms with Gasteiger partial charge in [-0.2, -0.15) is 0 Å². The van der Waals surface area contributed by atoms with Gasteiger partial charge in [0.05, 0.1) is 23.7 Å². The van der Waals surface area contributed by atoms with Crippen LogP contribution in [0.25, 0.3) is 44.4 Å². The lowest BCUT2D eigenvalue weighted by Crippen LogP contribution is -1.98. The van der Waals surface area contributed by atoms with Crippen LogP contribution in [-0.4, -0.2) is 27.2 Å². The fourth-order valence-corrected chi connectivity index (χ4v) is 3.96. The van der Waals surface area contributed by atoms with Crippen LogP contribution in [0.4, 0.5) is 0 Å². The Kier molecular flexibility index (Phi) is 5.42. The predicted octanol–water partition coefficient (Wildman–Crippen LogP) is 5.20. The largest absolute Gasteiger partial charge is 0.493 e. The van der Waals surface area contributed by atoms with Crippen LogP contribution >= 0.6 is 0 Å². The van der Waals surface area contributed by atoms with Gasteiger partial charge in [0.2, 0.25) is 11.8 Å². The van der Waals surface area contributed by atoms with Crippen molar-refractivity contribution < 1.29 is 9.84 Å². The molecule has 6 nitrogen and oxygen atoms in total. The van der Waals surface area contributed by atoms with Crippen molar-refractivity contribution in [2.24, 2.45) is 5.73 Å². The van der Waals surface area contributed by atoms with E-state index >= 15 is 0 Å². The highest BCUT2D eigenvalue weighted by molar-refractivity contribution is 6.01. The molecule has 3 heterocycles. The molecule has 0 aliphatic rings. The van der Waals surface area contributed by atoms with Gasteiger partial charge in [0, 0.05) is 41.2 Å². The van der Waals surface area contributed by atoms with Crippen LogP contribution in [-0.2, 0) is 6.54 Å². The molecule has 33 heavy (non-hydrogen) atoms. The molecule has 3 N–H and O–H groups in total. The van der Waals surface area contributed by atoms with Crippen molar-refractivity contribution in [3.63, 3.8) is 0 Å². The van der Waals surface area contributed by atoms with Gasteiger partial charge in [-0.15, -0.1) is 0 Å². The fraction of sp³-hybridized carbons (Fsp3) is 0.0741. The summed E-state index contributed by atoms with van der Waals surface area (Å²) in [7, 11) is 1.58. The predicted molar refractivity (Wildman–Crippen MR) is 130 cm³/mol. The third kappa shape index (κ3) is 3.77. The summed E-state index contributed by atoms with van der Waals surface area (Å²) in [4.78, 5) is 13.6. The molecule has 0 amide bonds. The topological polar surface area (TPSA) is 94.2 Å². The number of fused-ring (bicyclic) bond motifs is 1. The van der Waals surface area contributed by atoms with E-state index in [1.54, 1.807) is 19.5 Å². The SMILES string of the molecule is COc1ncccc1-c1cnc(O)c2cc(-c3ccccc3)c(-c3ccc(CN)cc3)nc12. The lowest BCUT2D eigenvalue weighted by Gasteiger charge is -2.15. The molecule has 2 aromatic carbocycles. The average molecular weight is 434 g/mol. The smallest absolute Gasteiger partial charge is 0.221 e. The van der Waals surface area contributed by atoms with Gasteiger partial charge >= 0.3 is 0 Å². The van der Waals surface area contributed by atoms with E-state index in [-0.39, 0.29) is 5.88 Å². The van der Waals surface area contributed by atoms with Gasteiger partial charge < -0.3 is 15.6 Å². The zero-order valence-electron chi connectivity index (χ0n) is 18.1. The number of hydrogen-bond donors (Lipinski definition) is 2. The van der Waals surface area contributed by atoms with Crippen LogP contribution in [0, 0.1) is 0 Å². The Morgan fingerprint density at radius 3 is 2.36 bits per heavy atom. The third-order valence-electron chi connectivity index (χ3n) is 5.64. The molecule has 5 aromatic rings. The minimum absolute atomic E-state index is 0.0775. The summed E-state index contributed by atoms with van der Waals surface area (Å²) in [5, 5.41) is 11.2. The molecule has 6 heteroatoms. The van der Waals surface area contributed by atoms with E-state index in [4.69, 9.17) is 15.5 Å². The molecule has 0 radical (unpaired) electrons. The first-order valence-corrected chi connectivity index (χ1v) is 10.6. The van der Waals surface area contributed by atoms with E-state index in [0.717, 1.165) is 39.1 Å².